The van der Waals surface area contributed by atoms with Crippen LogP contribution in [0.4, 0.5) is 0 Å². The minimum absolute atomic E-state index is 0.0707. The summed E-state index contributed by atoms with van der Waals surface area (Å²) in [5, 5.41) is 3.39. The van der Waals surface area contributed by atoms with Crippen molar-refractivity contribution >= 4 is 0 Å². The average Bonchev–Trinajstić information content (AvgIpc) is 2.31. The normalized spacial score (nSPS) is 14.9. The lowest BCUT2D eigenvalue weighted by Crippen LogP contribution is -2.41. The van der Waals surface area contributed by atoms with Crippen molar-refractivity contribution in [3.63, 3.8) is 0 Å². The summed E-state index contributed by atoms with van der Waals surface area (Å²) < 4.78 is 10.4. The number of methoxy groups -OCH3 is 2. The molecule has 0 aliphatic rings. The largest absolute Gasteiger partial charge is 0.354 e. The van der Waals surface area contributed by atoms with E-state index in [9.17, 15) is 0 Å². The van der Waals surface area contributed by atoms with Gasteiger partial charge in [-0.1, -0.05) is 0 Å². The summed E-state index contributed by atoms with van der Waals surface area (Å²) in [6.45, 7) is 6.02. The van der Waals surface area contributed by atoms with E-state index in [-0.39, 0.29) is 18.4 Å². The van der Waals surface area contributed by atoms with Crippen LogP contribution in [0.1, 0.15) is 31.3 Å². The van der Waals surface area contributed by atoms with Gasteiger partial charge in [0.15, 0.2) is 6.29 Å². The number of hydrogen-bond donors (Lipinski definition) is 1. The second-order valence-corrected chi connectivity index (χ2v) is 4.04. The van der Waals surface area contributed by atoms with E-state index in [2.05, 4.69) is 22.2 Å². The molecule has 0 aliphatic carbocycles. The lowest BCUT2D eigenvalue weighted by atomic mass is 10.1. The number of nitrogens with zero attached hydrogens (tertiary/aromatic N) is 2. The van der Waals surface area contributed by atoms with Crippen LogP contribution in [0.25, 0.3) is 0 Å². The fourth-order valence-corrected chi connectivity index (χ4v) is 1.90. The molecule has 0 bridgehead atoms. The lowest BCUT2D eigenvalue weighted by molar-refractivity contribution is -0.120. The van der Waals surface area contributed by atoms with E-state index in [1.807, 2.05) is 13.8 Å². The van der Waals surface area contributed by atoms with E-state index in [1.165, 1.54) is 0 Å². The zero-order chi connectivity index (χ0) is 12.8. The zero-order valence-corrected chi connectivity index (χ0v) is 11.1. The van der Waals surface area contributed by atoms with Crippen molar-refractivity contribution in [2.45, 2.75) is 39.1 Å². The standard InChI is InChI=1S/C12H21N3O2/c1-8-11(14-7-6-13-8)9(2)15-10(3)12(16-4)17-5/h6-7,9-10,12,15H,1-5H3. The highest BCUT2D eigenvalue weighted by molar-refractivity contribution is 5.12. The lowest BCUT2D eigenvalue weighted by Gasteiger charge is -2.25. The van der Waals surface area contributed by atoms with Crippen LogP contribution in [0.15, 0.2) is 12.4 Å². The van der Waals surface area contributed by atoms with E-state index in [1.54, 1.807) is 26.6 Å². The predicted molar refractivity (Wildman–Crippen MR) is 65.6 cm³/mol. The fraction of sp³-hybridized carbons (Fsp3) is 0.667. The average molecular weight is 239 g/mol. The van der Waals surface area contributed by atoms with Gasteiger partial charge in [-0.25, -0.2) is 0 Å². The first-order valence-corrected chi connectivity index (χ1v) is 5.69. The molecule has 96 valence electrons. The summed E-state index contributed by atoms with van der Waals surface area (Å²) in [6.07, 6.45) is 3.13. The smallest absolute Gasteiger partial charge is 0.171 e. The van der Waals surface area contributed by atoms with Gasteiger partial charge in [0.2, 0.25) is 0 Å². The maximum absolute atomic E-state index is 5.21. The topological polar surface area (TPSA) is 56.3 Å². The first-order chi connectivity index (χ1) is 8.10. The molecule has 5 nitrogen and oxygen atoms in total. The van der Waals surface area contributed by atoms with Gasteiger partial charge < -0.3 is 14.8 Å². The molecular formula is C12H21N3O2. The van der Waals surface area contributed by atoms with Crippen LogP contribution >= 0.6 is 0 Å². The third-order valence-corrected chi connectivity index (χ3v) is 2.72. The van der Waals surface area contributed by atoms with Gasteiger partial charge in [0.1, 0.15) is 0 Å². The Hall–Kier alpha value is -1.04. The summed E-state index contributed by atoms with van der Waals surface area (Å²) in [6, 6.07) is 0.174. The van der Waals surface area contributed by atoms with Gasteiger partial charge >= 0.3 is 0 Å². The van der Waals surface area contributed by atoms with Crippen LogP contribution in [-0.4, -0.2) is 36.5 Å². The van der Waals surface area contributed by atoms with Gasteiger partial charge in [-0.05, 0) is 20.8 Å². The Morgan fingerprint density at radius 3 is 2.24 bits per heavy atom. The highest BCUT2D eigenvalue weighted by Gasteiger charge is 2.19. The van der Waals surface area contributed by atoms with Crippen LogP contribution in [0, 0.1) is 6.92 Å². The predicted octanol–water partition coefficient (Wildman–Crippen LogP) is 1.44. The van der Waals surface area contributed by atoms with Gasteiger partial charge in [-0.2, -0.15) is 0 Å². The van der Waals surface area contributed by atoms with Crippen molar-refractivity contribution in [2.75, 3.05) is 14.2 Å². The highest BCUT2D eigenvalue weighted by Crippen LogP contribution is 2.13. The fourth-order valence-electron chi connectivity index (χ4n) is 1.90. The van der Waals surface area contributed by atoms with E-state index < -0.39 is 0 Å². The summed E-state index contributed by atoms with van der Waals surface area (Å²) in [5.41, 5.74) is 1.89. The Morgan fingerprint density at radius 1 is 1.12 bits per heavy atom. The molecule has 0 amide bonds. The summed E-state index contributed by atoms with van der Waals surface area (Å²) >= 11 is 0. The number of aromatic nitrogens is 2. The summed E-state index contributed by atoms with van der Waals surface area (Å²) in [5.74, 6) is 0. The molecule has 1 heterocycles. The van der Waals surface area contributed by atoms with Crippen LogP contribution < -0.4 is 5.32 Å². The minimum Gasteiger partial charge on any atom is -0.354 e. The molecular weight excluding hydrogens is 218 g/mol. The molecule has 2 unspecified atom stereocenters. The molecule has 1 aromatic rings. The van der Waals surface area contributed by atoms with Crippen LogP contribution in [0.5, 0.6) is 0 Å². The van der Waals surface area contributed by atoms with E-state index >= 15 is 0 Å². The third kappa shape index (κ3) is 3.73. The van der Waals surface area contributed by atoms with Gasteiger partial charge in [-0.15, -0.1) is 0 Å². The molecule has 1 aromatic heterocycles. The highest BCUT2D eigenvalue weighted by atomic mass is 16.7. The Morgan fingerprint density at radius 2 is 1.71 bits per heavy atom. The van der Waals surface area contributed by atoms with Crippen molar-refractivity contribution in [3.05, 3.63) is 23.8 Å². The second-order valence-electron chi connectivity index (χ2n) is 4.04. The molecule has 17 heavy (non-hydrogen) atoms. The Labute approximate surface area is 103 Å². The molecule has 0 saturated carbocycles. The van der Waals surface area contributed by atoms with Crippen LogP contribution in [-0.2, 0) is 9.47 Å². The molecule has 0 aromatic carbocycles. The molecule has 1 rings (SSSR count). The number of rotatable bonds is 6. The molecule has 0 radical (unpaired) electrons. The molecule has 0 saturated heterocycles. The van der Waals surface area contributed by atoms with Crippen molar-refractivity contribution in [3.8, 4) is 0 Å². The minimum atomic E-state index is -0.269. The maximum Gasteiger partial charge on any atom is 0.171 e. The van der Waals surface area contributed by atoms with Gasteiger partial charge in [0, 0.05) is 32.7 Å². The number of hydrogen-bond acceptors (Lipinski definition) is 5. The van der Waals surface area contributed by atoms with Crippen LogP contribution in [0.2, 0.25) is 0 Å². The molecule has 2 atom stereocenters. The summed E-state index contributed by atoms with van der Waals surface area (Å²) in [7, 11) is 3.26. The number of ether oxygens (including phenoxy) is 2. The van der Waals surface area contributed by atoms with Crippen molar-refractivity contribution in [2.24, 2.45) is 0 Å². The van der Waals surface area contributed by atoms with Gasteiger partial charge in [-0.3, -0.25) is 9.97 Å². The number of aryl methyl sites for hydroxylation is 1. The molecule has 5 heteroatoms. The van der Waals surface area contributed by atoms with Crippen molar-refractivity contribution < 1.29 is 9.47 Å². The molecule has 0 fully saturated rings. The summed E-state index contributed by atoms with van der Waals surface area (Å²) in [4.78, 5) is 8.56. The SMILES string of the molecule is COC(OC)C(C)NC(C)c1nccnc1C. The van der Waals surface area contributed by atoms with Crippen LogP contribution in [0.3, 0.4) is 0 Å². The second kappa shape index (κ2) is 6.64. The van der Waals surface area contributed by atoms with Crippen molar-refractivity contribution in [1.82, 2.24) is 15.3 Å². The van der Waals surface area contributed by atoms with Gasteiger partial charge in [0.05, 0.1) is 17.4 Å². The van der Waals surface area contributed by atoms with E-state index in [4.69, 9.17) is 9.47 Å². The number of nitrogens with one attached hydrogen (secondary N) is 1. The quantitative estimate of drug-likeness (QED) is 0.761. The van der Waals surface area contributed by atoms with E-state index in [0.29, 0.717) is 0 Å². The van der Waals surface area contributed by atoms with Gasteiger partial charge in [0.25, 0.3) is 0 Å². The monoisotopic (exact) mass is 239 g/mol. The van der Waals surface area contributed by atoms with Crippen molar-refractivity contribution in [1.29, 1.82) is 0 Å². The Balaban J connectivity index is 2.66. The zero-order valence-electron chi connectivity index (χ0n) is 11.1. The Kier molecular flexibility index (Phi) is 5.47. The first-order valence-electron chi connectivity index (χ1n) is 5.69. The van der Waals surface area contributed by atoms with E-state index in [0.717, 1.165) is 11.4 Å². The molecule has 0 spiro atoms. The molecule has 1 N–H and O–H groups in total. The maximum atomic E-state index is 5.21. The Bertz CT molecular complexity index is 342. The molecule has 0 aliphatic heterocycles. The third-order valence-electron chi connectivity index (χ3n) is 2.72. The first kappa shape index (κ1) is 14.0.